The van der Waals surface area contributed by atoms with Gasteiger partial charge in [-0.1, -0.05) is 30.3 Å². The van der Waals surface area contributed by atoms with E-state index in [1.54, 1.807) is 37.3 Å². The number of amides is 2. The topological polar surface area (TPSA) is 86.8 Å². The maximum Gasteiger partial charge on any atom is 0.242 e. The van der Waals surface area contributed by atoms with Gasteiger partial charge in [-0.3, -0.25) is 9.59 Å². The second-order valence-electron chi connectivity index (χ2n) is 7.18. The van der Waals surface area contributed by atoms with E-state index in [9.17, 15) is 22.4 Å². The standard InChI is InChI=1S/C22H28FN3O4S/c1-17(22(28)24-2)26(16-18-11-13-19(23)14-12-18)21(27)10-7-15-25(3)31(29,30)20-8-5-4-6-9-20/h4-6,8-9,11-14,17H,7,10,15-16H2,1-3H3,(H,24,28)/t17-/m0/s1. The molecule has 0 heterocycles. The van der Waals surface area contributed by atoms with Gasteiger partial charge in [0.25, 0.3) is 0 Å². The number of halogens is 1. The molecular formula is C22H28FN3O4S. The first-order valence-corrected chi connectivity index (χ1v) is 11.4. The Labute approximate surface area is 182 Å². The van der Waals surface area contributed by atoms with Crippen LogP contribution in [0.3, 0.4) is 0 Å². The Morgan fingerprint density at radius 3 is 2.26 bits per heavy atom. The Morgan fingerprint density at radius 2 is 1.68 bits per heavy atom. The van der Waals surface area contributed by atoms with Crippen molar-refractivity contribution in [3.05, 3.63) is 66.0 Å². The molecule has 31 heavy (non-hydrogen) atoms. The van der Waals surface area contributed by atoms with Gasteiger partial charge in [-0.25, -0.2) is 17.1 Å². The lowest BCUT2D eigenvalue weighted by molar-refractivity contribution is -0.140. The van der Waals surface area contributed by atoms with Gasteiger partial charge >= 0.3 is 0 Å². The van der Waals surface area contributed by atoms with Gasteiger partial charge in [0.15, 0.2) is 0 Å². The van der Waals surface area contributed by atoms with E-state index in [1.165, 1.54) is 47.6 Å². The predicted molar refractivity (Wildman–Crippen MR) is 116 cm³/mol. The molecule has 1 atom stereocenters. The molecule has 7 nitrogen and oxygen atoms in total. The minimum absolute atomic E-state index is 0.0666. The number of carbonyl (C=O) groups excluding carboxylic acids is 2. The third-order valence-electron chi connectivity index (χ3n) is 4.99. The van der Waals surface area contributed by atoms with Crippen LogP contribution in [0.1, 0.15) is 25.3 Å². The highest BCUT2D eigenvalue weighted by Crippen LogP contribution is 2.16. The molecule has 0 aliphatic carbocycles. The summed E-state index contributed by atoms with van der Waals surface area (Å²) in [7, 11) is -0.677. The van der Waals surface area contributed by atoms with Crippen LogP contribution in [0, 0.1) is 5.82 Å². The molecule has 0 spiro atoms. The van der Waals surface area contributed by atoms with Crippen molar-refractivity contribution >= 4 is 21.8 Å². The van der Waals surface area contributed by atoms with E-state index in [0.29, 0.717) is 12.0 Å². The molecule has 2 aromatic rings. The Kier molecular flexibility index (Phi) is 8.70. The van der Waals surface area contributed by atoms with Crippen molar-refractivity contribution < 1.29 is 22.4 Å². The molecule has 0 saturated carbocycles. The van der Waals surface area contributed by atoms with Crippen LogP contribution in [0.2, 0.25) is 0 Å². The van der Waals surface area contributed by atoms with Crippen molar-refractivity contribution in [1.29, 1.82) is 0 Å². The highest BCUT2D eigenvalue weighted by molar-refractivity contribution is 7.89. The molecule has 0 aliphatic rings. The van der Waals surface area contributed by atoms with Crippen molar-refractivity contribution in [3.8, 4) is 0 Å². The van der Waals surface area contributed by atoms with E-state index in [1.807, 2.05) is 0 Å². The molecular weight excluding hydrogens is 421 g/mol. The largest absolute Gasteiger partial charge is 0.357 e. The second-order valence-corrected chi connectivity index (χ2v) is 9.23. The number of nitrogens with one attached hydrogen (secondary N) is 1. The third kappa shape index (κ3) is 6.60. The van der Waals surface area contributed by atoms with Crippen LogP contribution in [-0.2, 0) is 26.2 Å². The smallest absolute Gasteiger partial charge is 0.242 e. The number of nitrogens with zero attached hydrogens (tertiary/aromatic N) is 2. The molecule has 0 fully saturated rings. The van der Waals surface area contributed by atoms with Crippen molar-refractivity contribution in [1.82, 2.24) is 14.5 Å². The average molecular weight is 450 g/mol. The van der Waals surface area contributed by atoms with Crippen LogP contribution in [0.5, 0.6) is 0 Å². The Bertz CT molecular complexity index is 982. The van der Waals surface area contributed by atoms with E-state index >= 15 is 0 Å². The predicted octanol–water partition coefficient (Wildman–Crippen LogP) is 2.39. The van der Waals surface area contributed by atoms with E-state index < -0.39 is 16.1 Å². The summed E-state index contributed by atoms with van der Waals surface area (Å²) in [6, 6.07) is 13.1. The van der Waals surface area contributed by atoms with Gasteiger partial charge in [-0.15, -0.1) is 0 Å². The number of likely N-dealkylation sites (N-methyl/N-ethyl adjacent to an activating group) is 1. The quantitative estimate of drug-likeness (QED) is 0.603. The lowest BCUT2D eigenvalue weighted by Crippen LogP contribution is -2.46. The lowest BCUT2D eigenvalue weighted by Gasteiger charge is -2.28. The van der Waals surface area contributed by atoms with Crippen molar-refractivity contribution in [2.24, 2.45) is 0 Å². The SMILES string of the molecule is CNC(=O)[C@H](C)N(Cc1ccc(F)cc1)C(=O)CCCN(C)S(=O)(=O)c1ccccc1. The summed E-state index contributed by atoms with van der Waals surface area (Å²) in [4.78, 5) is 26.6. The highest BCUT2D eigenvalue weighted by Gasteiger charge is 2.26. The fourth-order valence-corrected chi connectivity index (χ4v) is 4.30. The summed E-state index contributed by atoms with van der Waals surface area (Å²) in [6.45, 7) is 1.92. The molecule has 0 unspecified atom stereocenters. The molecule has 2 aromatic carbocycles. The number of sulfonamides is 1. The van der Waals surface area contributed by atoms with Crippen LogP contribution < -0.4 is 5.32 Å². The first-order valence-electron chi connectivity index (χ1n) is 9.93. The molecule has 2 amide bonds. The first kappa shape index (κ1) is 24.5. The van der Waals surface area contributed by atoms with Crippen molar-refractivity contribution in [2.45, 2.75) is 37.2 Å². The Morgan fingerprint density at radius 1 is 1.06 bits per heavy atom. The number of rotatable bonds is 10. The summed E-state index contributed by atoms with van der Waals surface area (Å²) in [5, 5.41) is 2.53. The van der Waals surface area contributed by atoms with Gasteiger partial charge < -0.3 is 10.2 Å². The second kappa shape index (κ2) is 11.0. The van der Waals surface area contributed by atoms with Crippen molar-refractivity contribution in [3.63, 3.8) is 0 Å². The molecule has 2 rings (SSSR count). The summed E-state index contributed by atoms with van der Waals surface area (Å²) in [6.07, 6.45) is 0.360. The molecule has 0 bridgehead atoms. The normalized spacial score (nSPS) is 12.4. The third-order valence-corrected chi connectivity index (χ3v) is 6.87. The Hall–Kier alpha value is -2.78. The maximum absolute atomic E-state index is 13.2. The van der Waals surface area contributed by atoms with Gasteiger partial charge in [-0.2, -0.15) is 0 Å². The van der Waals surface area contributed by atoms with Crippen molar-refractivity contribution in [2.75, 3.05) is 20.6 Å². The molecule has 0 radical (unpaired) electrons. The van der Waals surface area contributed by atoms with E-state index in [4.69, 9.17) is 0 Å². The van der Waals surface area contributed by atoms with Crippen LogP contribution in [0.25, 0.3) is 0 Å². The van der Waals surface area contributed by atoms with Crippen LogP contribution >= 0.6 is 0 Å². The fourth-order valence-electron chi connectivity index (χ4n) is 3.07. The molecule has 0 aliphatic heterocycles. The van der Waals surface area contributed by atoms with E-state index in [-0.39, 0.29) is 42.0 Å². The van der Waals surface area contributed by atoms with Gasteiger partial charge in [0.1, 0.15) is 11.9 Å². The molecule has 0 aromatic heterocycles. The first-order chi connectivity index (χ1) is 14.7. The summed E-state index contributed by atoms with van der Waals surface area (Å²) in [5.41, 5.74) is 0.689. The summed E-state index contributed by atoms with van der Waals surface area (Å²) in [5.74, 6) is -0.992. The molecule has 0 saturated heterocycles. The summed E-state index contributed by atoms with van der Waals surface area (Å²) >= 11 is 0. The van der Waals surface area contributed by atoms with Gasteiger partial charge in [0.05, 0.1) is 4.90 Å². The number of benzene rings is 2. The molecule has 1 N–H and O–H groups in total. The maximum atomic E-state index is 13.2. The highest BCUT2D eigenvalue weighted by atomic mass is 32.2. The Balaban J connectivity index is 2.03. The number of carbonyl (C=O) groups is 2. The average Bonchev–Trinajstić information content (AvgIpc) is 2.77. The van der Waals surface area contributed by atoms with Crippen LogP contribution in [0.4, 0.5) is 4.39 Å². The monoisotopic (exact) mass is 449 g/mol. The van der Waals surface area contributed by atoms with Gasteiger partial charge in [0, 0.05) is 33.6 Å². The molecule has 9 heteroatoms. The zero-order valence-corrected chi connectivity index (χ0v) is 18.7. The van der Waals surface area contributed by atoms with Gasteiger partial charge in [0.2, 0.25) is 21.8 Å². The van der Waals surface area contributed by atoms with Crippen LogP contribution in [0.15, 0.2) is 59.5 Å². The molecule has 168 valence electrons. The zero-order valence-electron chi connectivity index (χ0n) is 17.9. The number of hydrogen-bond donors (Lipinski definition) is 1. The number of hydrogen-bond acceptors (Lipinski definition) is 4. The van der Waals surface area contributed by atoms with E-state index in [2.05, 4.69) is 5.32 Å². The minimum Gasteiger partial charge on any atom is -0.357 e. The zero-order chi connectivity index (χ0) is 23.0. The summed E-state index contributed by atoms with van der Waals surface area (Å²) < 4.78 is 39.6. The fraction of sp³-hybridized carbons (Fsp3) is 0.364. The lowest BCUT2D eigenvalue weighted by atomic mass is 10.1. The van der Waals surface area contributed by atoms with E-state index in [0.717, 1.165) is 0 Å². The van der Waals surface area contributed by atoms with Gasteiger partial charge in [-0.05, 0) is 43.2 Å². The minimum atomic E-state index is -3.63. The van der Waals surface area contributed by atoms with Crippen LogP contribution in [-0.4, -0.2) is 56.1 Å².